The van der Waals surface area contributed by atoms with Gasteiger partial charge < -0.3 is 5.32 Å². The van der Waals surface area contributed by atoms with Crippen molar-refractivity contribution in [3.8, 4) is 0 Å². The van der Waals surface area contributed by atoms with Crippen LogP contribution in [0.25, 0.3) is 0 Å². The van der Waals surface area contributed by atoms with E-state index in [0.29, 0.717) is 4.47 Å². The number of carbonyl (C=O) groups excluding carboxylic acids is 1. The predicted octanol–water partition coefficient (Wildman–Crippen LogP) is 2.03. The molecule has 9 heteroatoms. The van der Waals surface area contributed by atoms with Crippen molar-refractivity contribution in [2.24, 2.45) is 0 Å². The Morgan fingerprint density at radius 1 is 1.48 bits per heavy atom. The molecule has 0 unspecified atom stereocenters. The van der Waals surface area contributed by atoms with Gasteiger partial charge in [0, 0.05) is 23.3 Å². The number of nitrogens with zero attached hydrogens (tertiary/aromatic N) is 2. The van der Waals surface area contributed by atoms with Crippen molar-refractivity contribution in [1.82, 2.24) is 14.6 Å². The first kappa shape index (κ1) is 18.3. The van der Waals surface area contributed by atoms with E-state index in [4.69, 9.17) is 11.6 Å². The lowest BCUT2D eigenvalue weighted by molar-refractivity contribution is -0.122. The van der Waals surface area contributed by atoms with Crippen LogP contribution in [0, 0.1) is 0 Å². The number of pyridine rings is 1. The summed E-state index contributed by atoms with van der Waals surface area (Å²) in [5.41, 5.74) is -0.434. The van der Waals surface area contributed by atoms with Gasteiger partial charge in [-0.15, -0.1) is 0 Å². The quantitative estimate of drug-likeness (QED) is 0.787. The van der Waals surface area contributed by atoms with Gasteiger partial charge in [0.15, 0.2) is 0 Å². The van der Waals surface area contributed by atoms with Crippen LogP contribution in [0.3, 0.4) is 0 Å². The molecule has 0 aliphatic carbocycles. The fourth-order valence-electron chi connectivity index (χ4n) is 1.50. The first-order valence-electron chi connectivity index (χ1n) is 6.02. The molecule has 0 aliphatic heterocycles. The second-order valence-corrected chi connectivity index (χ2v) is 8.79. The number of rotatable bonds is 4. The number of nitrogens with one attached hydrogen (secondary N) is 1. The fourth-order valence-corrected chi connectivity index (χ4v) is 3.54. The molecule has 0 aromatic carbocycles. The molecule has 1 rings (SSSR count). The van der Waals surface area contributed by atoms with Crippen LogP contribution in [-0.2, 0) is 14.8 Å². The average Bonchev–Trinajstić information content (AvgIpc) is 2.29. The molecule has 1 N–H and O–H groups in total. The molecule has 1 aromatic rings. The summed E-state index contributed by atoms with van der Waals surface area (Å²) in [4.78, 5) is 15.5. The Hall–Kier alpha value is -0.700. The van der Waals surface area contributed by atoms with Crippen LogP contribution in [0.4, 0.5) is 0 Å². The lowest BCUT2D eigenvalue weighted by Gasteiger charge is -2.23. The van der Waals surface area contributed by atoms with Crippen molar-refractivity contribution in [2.75, 3.05) is 13.6 Å². The number of sulfonamides is 1. The Balaban J connectivity index is 2.97. The molecule has 0 aliphatic rings. The molecule has 1 aromatic heterocycles. The lowest BCUT2D eigenvalue weighted by Crippen LogP contribution is -2.46. The summed E-state index contributed by atoms with van der Waals surface area (Å²) in [5.74, 6) is -0.396. The minimum Gasteiger partial charge on any atom is -0.350 e. The summed E-state index contributed by atoms with van der Waals surface area (Å²) in [6.07, 6.45) is 1.40. The number of aromatic nitrogens is 1. The predicted molar refractivity (Wildman–Crippen MR) is 84.7 cm³/mol. The highest BCUT2D eigenvalue weighted by Gasteiger charge is 2.27. The van der Waals surface area contributed by atoms with Crippen molar-refractivity contribution in [3.05, 3.63) is 21.9 Å². The molecule has 0 bridgehead atoms. The Morgan fingerprint density at radius 3 is 2.57 bits per heavy atom. The van der Waals surface area contributed by atoms with Gasteiger partial charge in [-0.05, 0) is 42.8 Å². The van der Waals surface area contributed by atoms with Gasteiger partial charge in [-0.3, -0.25) is 4.79 Å². The van der Waals surface area contributed by atoms with Crippen molar-refractivity contribution in [1.29, 1.82) is 0 Å². The molecular formula is C12H17BrClN3O3S. The molecule has 0 fully saturated rings. The average molecular weight is 399 g/mol. The number of halogens is 2. The normalized spacial score (nSPS) is 12.5. The van der Waals surface area contributed by atoms with E-state index >= 15 is 0 Å². The molecule has 118 valence electrons. The van der Waals surface area contributed by atoms with Gasteiger partial charge in [0.1, 0.15) is 10.0 Å². The van der Waals surface area contributed by atoms with Crippen molar-refractivity contribution in [2.45, 2.75) is 31.2 Å². The van der Waals surface area contributed by atoms with Crippen LogP contribution in [0.1, 0.15) is 20.8 Å². The first-order valence-corrected chi connectivity index (χ1v) is 8.63. The minimum atomic E-state index is -3.89. The molecule has 0 saturated heterocycles. The largest absolute Gasteiger partial charge is 0.350 e. The van der Waals surface area contributed by atoms with E-state index in [9.17, 15) is 13.2 Å². The summed E-state index contributed by atoms with van der Waals surface area (Å²) in [6, 6.07) is 1.35. The van der Waals surface area contributed by atoms with Crippen molar-refractivity contribution >= 4 is 43.5 Å². The van der Waals surface area contributed by atoms with Gasteiger partial charge in [-0.25, -0.2) is 13.4 Å². The second-order valence-electron chi connectivity index (χ2n) is 5.50. The maximum absolute atomic E-state index is 12.4. The third kappa shape index (κ3) is 5.21. The van der Waals surface area contributed by atoms with Crippen LogP contribution < -0.4 is 5.32 Å². The van der Waals surface area contributed by atoms with Gasteiger partial charge in [0.2, 0.25) is 15.9 Å². The molecule has 0 radical (unpaired) electrons. The molecule has 6 nitrogen and oxygen atoms in total. The third-order valence-corrected chi connectivity index (χ3v) is 5.01. The van der Waals surface area contributed by atoms with Gasteiger partial charge in [0.05, 0.1) is 6.54 Å². The van der Waals surface area contributed by atoms with Gasteiger partial charge in [-0.1, -0.05) is 11.6 Å². The smallest absolute Gasteiger partial charge is 0.246 e. The topological polar surface area (TPSA) is 79.4 Å². The van der Waals surface area contributed by atoms with Crippen LogP contribution >= 0.6 is 27.5 Å². The number of amides is 1. The highest BCUT2D eigenvalue weighted by atomic mass is 79.9. The zero-order valence-electron chi connectivity index (χ0n) is 12.1. The van der Waals surface area contributed by atoms with Crippen LogP contribution in [-0.4, -0.2) is 42.7 Å². The van der Waals surface area contributed by atoms with Gasteiger partial charge >= 0.3 is 0 Å². The van der Waals surface area contributed by atoms with E-state index in [1.807, 2.05) is 20.8 Å². The van der Waals surface area contributed by atoms with Gasteiger partial charge in [0.25, 0.3) is 0 Å². The third-order valence-electron chi connectivity index (χ3n) is 2.34. The zero-order chi connectivity index (χ0) is 16.4. The SMILES string of the molecule is CN(CC(=O)NC(C)(C)C)S(=O)(=O)c1cc(Br)cnc1Cl. The van der Waals surface area contributed by atoms with E-state index in [2.05, 4.69) is 26.2 Å². The monoisotopic (exact) mass is 397 g/mol. The summed E-state index contributed by atoms with van der Waals surface area (Å²) in [6.45, 7) is 5.14. The van der Waals surface area contributed by atoms with Crippen LogP contribution in [0.5, 0.6) is 0 Å². The fraction of sp³-hybridized carbons (Fsp3) is 0.500. The number of hydrogen-bond donors (Lipinski definition) is 1. The molecule has 1 heterocycles. The Kier molecular flexibility index (Phi) is 5.76. The number of carbonyl (C=O) groups is 1. The molecule has 0 atom stereocenters. The van der Waals surface area contributed by atoms with Crippen molar-refractivity contribution < 1.29 is 13.2 Å². The maximum atomic E-state index is 12.4. The molecule has 21 heavy (non-hydrogen) atoms. The molecular weight excluding hydrogens is 382 g/mol. The number of likely N-dealkylation sites (N-methyl/N-ethyl adjacent to an activating group) is 1. The zero-order valence-corrected chi connectivity index (χ0v) is 15.3. The Morgan fingerprint density at radius 2 is 2.05 bits per heavy atom. The number of hydrogen-bond acceptors (Lipinski definition) is 4. The Bertz CT molecular complexity index is 644. The van der Waals surface area contributed by atoms with E-state index in [-0.39, 0.29) is 16.6 Å². The standard InChI is InChI=1S/C12H17BrClN3O3S/c1-12(2,3)16-10(18)7-17(4)21(19,20)9-5-8(13)6-15-11(9)14/h5-6H,7H2,1-4H3,(H,16,18). The maximum Gasteiger partial charge on any atom is 0.246 e. The summed E-state index contributed by atoms with van der Waals surface area (Å²) >= 11 is 8.97. The van der Waals surface area contributed by atoms with E-state index < -0.39 is 21.5 Å². The van der Waals surface area contributed by atoms with Crippen LogP contribution in [0.2, 0.25) is 5.15 Å². The van der Waals surface area contributed by atoms with E-state index in [0.717, 1.165) is 4.31 Å². The second kappa shape index (κ2) is 6.60. The minimum absolute atomic E-state index is 0.138. The van der Waals surface area contributed by atoms with Crippen molar-refractivity contribution in [3.63, 3.8) is 0 Å². The molecule has 0 saturated carbocycles. The van der Waals surface area contributed by atoms with Crippen LogP contribution in [0.15, 0.2) is 21.6 Å². The lowest BCUT2D eigenvalue weighted by atomic mass is 10.1. The van der Waals surface area contributed by atoms with E-state index in [1.54, 1.807) is 0 Å². The molecule has 0 spiro atoms. The summed E-state index contributed by atoms with van der Waals surface area (Å²) in [5, 5.41) is 2.56. The Labute approximate surface area is 138 Å². The molecule has 1 amide bonds. The highest BCUT2D eigenvalue weighted by molar-refractivity contribution is 9.10. The highest BCUT2D eigenvalue weighted by Crippen LogP contribution is 2.25. The summed E-state index contributed by atoms with van der Waals surface area (Å²) < 4.78 is 26.2. The summed E-state index contributed by atoms with van der Waals surface area (Å²) in [7, 11) is -2.58. The first-order chi connectivity index (χ1) is 9.43. The van der Waals surface area contributed by atoms with Gasteiger partial charge in [-0.2, -0.15) is 4.31 Å². The van der Waals surface area contributed by atoms with E-state index in [1.165, 1.54) is 19.3 Å².